The van der Waals surface area contributed by atoms with E-state index in [-0.39, 0.29) is 25.0 Å². The smallest absolute Gasteiger partial charge is 0.249 e. The molecule has 2 unspecified atom stereocenters. The van der Waals surface area contributed by atoms with Gasteiger partial charge in [0.25, 0.3) is 0 Å². The van der Waals surface area contributed by atoms with Crippen LogP contribution in [0.3, 0.4) is 0 Å². The van der Waals surface area contributed by atoms with Crippen LogP contribution in [0, 0.1) is 5.92 Å². The number of ketones is 1. The van der Waals surface area contributed by atoms with Crippen molar-refractivity contribution in [2.24, 2.45) is 17.4 Å². The quantitative estimate of drug-likeness (QED) is 0.448. The monoisotopic (exact) mass is 200 g/mol. The molecule has 14 heavy (non-hydrogen) atoms. The average Bonchev–Trinajstić information content (AvgIpc) is 2.09. The van der Waals surface area contributed by atoms with Gasteiger partial charge < -0.3 is 16.6 Å². The summed E-state index contributed by atoms with van der Waals surface area (Å²) in [4.78, 5) is 32.9. The molecule has 1 aliphatic rings. The lowest BCUT2D eigenvalue weighted by molar-refractivity contribution is -0.149. The summed E-state index contributed by atoms with van der Waals surface area (Å²) in [6.45, 7) is 0. The summed E-state index contributed by atoms with van der Waals surface area (Å²) < 4.78 is 0. The van der Waals surface area contributed by atoms with Crippen LogP contribution in [0.5, 0.6) is 0 Å². The van der Waals surface area contributed by atoms with E-state index in [0.717, 1.165) is 0 Å². The van der Waals surface area contributed by atoms with Gasteiger partial charge in [0, 0.05) is 12.8 Å². The minimum Gasteiger partial charge on any atom is -0.380 e. The number of aliphatic hydroxyl groups is 1. The number of amides is 2. The fourth-order valence-corrected chi connectivity index (χ4v) is 1.54. The molecule has 0 bridgehead atoms. The van der Waals surface area contributed by atoms with Crippen molar-refractivity contribution in [3.05, 3.63) is 0 Å². The van der Waals surface area contributed by atoms with Gasteiger partial charge in [-0.2, -0.15) is 0 Å². The fourth-order valence-electron chi connectivity index (χ4n) is 1.54. The molecule has 5 N–H and O–H groups in total. The van der Waals surface area contributed by atoms with E-state index in [1.807, 2.05) is 0 Å². The Hall–Kier alpha value is -1.43. The van der Waals surface area contributed by atoms with Gasteiger partial charge in [-0.05, 0) is 6.42 Å². The minimum absolute atomic E-state index is 0.0368. The standard InChI is InChI=1S/C8H12N2O4/c9-6(12)4-3-8(14,7(10)13)2-1-5(4)11/h4,14H,1-3H2,(H2,9,12)(H2,10,13). The predicted octanol–water partition coefficient (Wildman–Crippen LogP) is -1.94. The van der Waals surface area contributed by atoms with E-state index in [4.69, 9.17) is 11.5 Å². The van der Waals surface area contributed by atoms with Crippen molar-refractivity contribution in [3.8, 4) is 0 Å². The average molecular weight is 200 g/mol. The maximum atomic E-state index is 11.2. The topological polar surface area (TPSA) is 123 Å². The van der Waals surface area contributed by atoms with E-state index in [2.05, 4.69) is 0 Å². The zero-order valence-corrected chi connectivity index (χ0v) is 7.53. The maximum absolute atomic E-state index is 11.2. The van der Waals surface area contributed by atoms with Crippen LogP contribution in [0.4, 0.5) is 0 Å². The second kappa shape index (κ2) is 3.38. The largest absolute Gasteiger partial charge is 0.380 e. The highest BCUT2D eigenvalue weighted by atomic mass is 16.3. The van der Waals surface area contributed by atoms with E-state index in [9.17, 15) is 19.5 Å². The van der Waals surface area contributed by atoms with Gasteiger partial charge in [0.2, 0.25) is 11.8 Å². The van der Waals surface area contributed by atoms with Gasteiger partial charge in [0.15, 0.2) is 0 Å². The van der Waals surface area contributed by atoms with Crippen molar-refractivity contribution in [1.82, 2.24) is 0 Å². The van der Waals surface area contributed by atoms with Crippen molar-refractivity contribution >= 4 is 17.6 Å². The third-order valence-electron chi connectivity index (χ3n) is 2.52. The fraction of sp³-hybridized carbons (Fsp3) is 0.625. The van der Waals surface area contributed by atoms with Crippen molar-refractivity contribution in [3.63, 3.8) is 0 Å². The second-order valence-electron chi connectivity index (χ2n) is 3.52. The molecule has 1 fully saturated rings. The highest BCUT2D eigenvalue weighted by Crippen LogP contribution is 2.29. The van der Waals surface area contributed by atoms with Crippen LogP contribution in [-0.2, 0) is 14.4 Å². The molecule has 1 rings (SSSR count). The normalized spacial score (nSPS) is 32.6. The molecule has 0 heterocycles. The zero-order chi connectivity index (χ0) is 10.9. The Morgan fingerprint density at radius 3 is 2.43 bits per heavy atom. The van der Waals surface area contributed by atoms with Crippen LogP contribution in [0.25, 0.3) is 0 Å². The number of nitrogens with two attached hydrogens (primary N) is 2. The number of primary amides is 2. The molecule has 2 atom stereocenters. The van der Waals surface area contributed by atoms with Crippen molar-refractivity contribution < 1.29 is 19.5 Å². The first-order valence-corrected chi connectivity index (χ1v) is 4.21. The van der Waals surface area contributed by atoms with E-state index in [0.29, 0.717) is 0 Å². The van der Waals surface area contributed by atoms with E-state index in [1.54, 1.807) is 0 Å². The SMILES string of the molecule is NC(=O)C1CC(O)(C(N)=O)CCC1=O. The molecule has 0 aliphatic heterocycles. The Bertz CT molecular complexity index is 302. The van der Waals surface area contributed by atoms with E-state index in [1.165, 1.54) is 0 Å². The van der Waals surface area contributed by atoms with E-state index >= 15 is 0 Å². The Balaban J connectivity index is 2.86. The second-order valence-corrected chi connectivity index (χ2v) is 3.52. The number of carbonyl (C=O) groups is 3. The van der Waals surface area contributed by atoms with Crippen LogP contribution in [-0.4, -0.2) is 28.3 Å². The van der Waals surface area contributed by atoms with Gasteiger partial charge in [-0.3, -0.25) is 14.4 Å². The first-order chi connectivity index (χ1) is 6.37. The molecule has 0 aromatic rings. The van der Waals surface area contributed by atoms with Gasteiger partial charge in [0.05, 0.1) is 5.92 Å². The lowest BCUT2D eigenvalue weighted by Crippen LogP contribution is -2.52. The van der Waals surface area contributed by atoms with Crippen molar-refractivity contribution in [2.75, 3.05) is 0 Å². The molecule has 6 nitrogen and oxygen atoms in total. The van der Waals surface area contributed by atoms with Gasteiger partial charge in [0.1, 0.15) is 11.4 Å². The summed E-state index contributed by atoms with van der Waals surface area (Å²) in [5.74, 6) is -3.18. The molecule has 0 radical (unpaired) electrons. The Kier molecular flexibility index (Phi) is 2.57. The molecular formula is C8H12N2O4. The summed E-state index contributed by atoms with van der Waals surface area (Å²) >= 11 is 0. The third-order valence-corrected chi connectivity index (χ3v) is 2.52. The maximum Gasteiger partial charge on any atom is 0.249 e. The van der Waals surface area contributed by atoms with Crippen LogP contribution in [0.2, 0.25) is 0 Å². The predicted molar refractivity (Wildman–Crippen MR) is 45.7 cm³/mol. The van der Waals surface area contributed by atoms with Crippen LogP contribution in [0.15, 0.2) is 0 Å². The number of hydrogen-bond acceptors (Lipinski definition) is 4. The summed E-state index contributed by atoms with van der Waals surface area (Å²) in [6.07, 6.45) is -0.380. The molecule has 0 spiro atoms. The summed E-state index contributed by atoms with van der Waals surface area (Å²) in [5, 5.41) is 9.65. The number of carbonyl (C=O) groups excluding carboxylic acids is 3. The Morgan fingerprint density at radius 1 is 1.43 bits per heavy atom. The lowest BCUT2D eigenvalue weighted by atomic mass is 9.76. The van der Waals surface area contributed by atoms with E-state index < -0.39 is 23.3 Å². The molecular weight excluding hydrogens is 188 g/mol. The zero-order valence-electron chi connectivity index (χ0n) is 7.53. The Morgan fingerprint density at radius 2 is 2.00 bits per heavy atom. The van der Waals surface area contributed by atoms with Gasteiger partial charge in [-0.25, -0.2) is 0 Å². The molecule has 2 amide bonds. The third kappa shape index (κ3) is 1.74. The van der Waals surface area contributed by atoms with Crippen molar-refractivity contribution in [2.45, 2.75) is 24.9 Å². The molecule has 0 saturated heterocycles. The van der Waals surface area contributed by atoms with Gasteiger partial charge in [-0.15, -0.1) is 0 Å². The molecule has 6 heteroatoms. The number of rotatable bonds is 2. The molecule has 0 aromatic heterocycles. The summed E-state index contributed by atoms with van der Waals surface area (Å²) in [5.41, 5.74) is 8.14. The number of Topliss-reactive ketones (excluding diaryl/α,β-unsaturated/α-hetero) is 1. The van der Waals surface area contributed by atoms with Crippen molar-refractivity contribution in [1.29, 1.82) is 0 Å². The molecule has 0 aromatic carbocycles. The van der Waals surface area contributed by atoms with Crippen LogP contribution < -0.4 is 11.5 Å². The highest BCUT2D eigenvalue weighted by Gasteiger charge is 2.45. The first kappa shape index (κ1) is 10.6. The van der Waals surface area contributed by atoms with Crippen LogP contribution in [0.1, 0.15) is 19.3 Å². The van der Waals surface area contributed by atoms with Gasteiger partial charge in [-0.1, -0.05) is 0 Å². The molecule has 78 valence electrons. The molecule has 1 aliphatic carbocycles. The minimum atomic E-state index is -1.77. The van der Waals surface area contributed by atoms with Crippen LogP contribution >= 0.6 is 0 Å². The summed E-state index contributed by atoms with van der Waals surface area (Å²) in [6, 6.07) is 0. The molecule has 1 saturated carbocycles. The Labute approximate surface area is 80.2 Å². The lowest BCUT2D eigenvalue weighted by Gasteiger charge is -2.31. The van der Waals surface area contributed by atoms with Gasteiger partial charge >= 0.3 is 0 Å². The number of hydrogen-bond donors (Lipinski definition) is 3. The highest BCUT2D eigenvalue weighted by molar-refractivity contribution is 6.02. The summed E-state index contributed by atoms with van der Waals surface area (Å²) in [7, 11) is 0. The first-order valence-electron chi connectivity index (χ1n) is 4.21.